The molecule has 4 atom stereocenters. The lowest BCUT2D eigenvalue weighted by molar-refractivity contribution is -0.141. The molecule has 2 amide bonds. The second-order valence-electron chi connectivity index (χ2n) is 10.0. The van der Waals surface area contributed by atoms with E-state index >= 15 is 0 Å². The van der Waals surface area contributed by atoms with Gasteiger partial charge in [-0.15, -0.1) is 0 Å². The monoisotopic (exact) mass is 569 g/mol. The van der Waals surface area contributed by atoms with Gasteiger partial charge in [0.15, 0.2) is 11.5 Å². The summed E-state index contributed by atoms with van der Waals surface area (Å²) < 4.78 is 69.6. The highest BCUT2D eigenvalue weighted by molar-refractivity contribution is 6.34. The van der Waals surface area contributed by atoms with Gasteiger partial charge in [0.25, 0.3) is 17.7 Å². The van der Waals surface area contributed by atoms with Crippen molar-refractivity contribution in [2.24, 2.45) is 18.9 Å². The molecule has 1 unspecified atom stereocenters. The van der Waals surface area contributed by atoms with Crippen LogP contribution in [0.5, 0.6) is 0 Å². The molecule has 3 N–H and O–H groups in total. The van der Waals surface area contributed by atoms with Crippen molar-refractivity contribution < 1.29 is 31.5 Å². The summed E-state index contributed by atoms with van der Waals surface area (Å²) in [5.74, 6) is -3.61. The van der Waals surface area contributed by atoms with Crippen molar-refractivity contribution >= 4 is 29.1 Å². The highest BCUT2D eigenvalue weighted by atomic mass is 35.5. The molecule has 0 spiro atoms. The number of alkyl halides is 5. The minimum absolute atomic E-state index is 0.105. The smallest absolute Gasteiger partial charge is 0.349 e. The van der Waals surface area contributed by atoms with E-state index in [1.807, 2.05) is 0 Å². The van der Waals surface area contributed by atoms with Gasteiger partial charge >= 0.3 is 6.18 Å². The van der Waals surface area contributed by atoms with Gasteiger partial charge in [-0.2, -0.15) is 18.3 Å². The van der Waals surface area contributed by atoms with Gasteiger partial charge in [0.2, 0.25) is 0 Å². The van der Waals surface area contributed by atoms with Gasteiger partial charge in [-0.05, 0) is 30.0 Å². The summed E-state index contributed by atoms with van der Waals surface area (Å²) in [6, 6.07) is 2.97. The molecule has 1 saturated heterocycles. The first-order valence-electron chi connectivity index (χ1n) is 12.0. The molecule has 2 aliphatic carbocycles. The number of aromatic nitrogens is 4. The van der Waals surface area contributed by atoms with E-state index in [1.165, 1.54) is 25.2 Å². The number of nitrogens with one attached hydrogen (secondary N) is 3. The number of benzene rings is 1. The number of fused-ring (bicyclic) bond motifs is 1. The molecule has 0 bridgehead atoms. The number of anilines is 1. The highest BCUT2D eigenvalue weighted by Crippen LogP contribution is 2.53. The zero-order valence-electron chi connectivity index (χ0n) is 20.2. The largest absolute Gasteiger partial charge is 0.435 e. The molecule has 9 nitrogen and oxygen atoms in total. The SMILES string of the molecule is Cn1c(-c2cn([C@@H]3CC3(F)F)nc2C(F)(F)F)cnc1C(=O)Nc1ccc(C(=O)NC2[C@H]3CNC[C@@H]23)c(Cl)c1. The van der Waals surface area contributed by atoms with E-state index in [1.54, 1.807) is 0 Å². The molecule has 0 radical (unpaired) electrons. The Morgan fingerprint density at radius 1 is 1.18 bits per heavy atom. The van der Waals surface area contributed by atoms with E-state index in [2.05, 4.69) is 26.0 Å². The normalized spacial score (nSPS) is 24.8. The van der Waals surface area contributed by atoms with Crippen LogP contribution < -0.4 is 16.0 Å². The summed E-state index contributed by atoms with van der Waals surface area (Å²) in [6.45, 7) is 1.72. The number of imidazole rings is 1. The maximum absolute atomic E-state index is 13.7. The minimum Gasteiger partial charge on any atom is -0.349 e. The van der Waals surface area contributed by atoms with Crippen molar-refractivity contribution in [3.63, 3.8) is 0 Å². The number of nitrogens with zero attached hydrogens (tertiary/aromatic N) is 4. The van der Waals surface area contributed by atoms with Crippen LogP contribution in [0.3, 0.4) is 0 Å². The van der Waals surface area contributed by atoms with Crippen molar-refractivity contribution in [1.82, 2.24) is 30.0 Å². The lowest BCUT2D eigenvalue weighted by atomic mass is 10.2. The Bertz CT molecular complexity index is 1490. The van der Waals surface area contributed by atoms with Crippen LogP contribution in [0.15, 0.2) is 30.6 Å². The molecule has 1 aromatic carbocycles. The first kappa shape index (κ1) is 25.7. The van der Waals surface area contributed by atoms with Gasteiger partial charge in [-0.25, -0.2) is 13.8 Å². The number of hydrogen-bond acceptors (Lipinski definition) is 5. The van der Waals surface area contributed by atoms with Crippen LogP contribution in [0.2, 0.25) is 5.02 Å². The molecular weight excluding hydrogens is 549 g/mol. The third-order valence-corrected chi connectivity index (χ3v) is 7.75. The maximum Gasteiger partial charge on any atom is 0.435 e. The quantitative estimate of drug-likeness (QED) is 0.392. The number of amides is 2. The summed E-state index contributed by atoms with van der Waals surface area (Å²) in [5, 5.41) is 12.2. The summed E-state index contributed by atoms with van der Waals surface area (Å²) in [5.41, 5.74) is -1.49. The molecule has 3 aliphatic rings. The van der Waals surface area contributed by atoms with E-state index in [4.69, 9.17) is 11.6 Å². The molecule has 39 heavy (non-hydrogen) atoms. The minimum atomic E-state index is -4.92. The van der Waals surface area contributed by atoms with Crippen LogP contribution in [-0.4, -0.2) is 56.2 Å². The molecule has 2 saturated carbocycles. The molecular formula is C24H21ClF5N7O2. The molecule has 15 heteroatoms. The van der Waals surface area contributed by atoms with E-state index in [0.717, 1.165) is 30.1 Å². The van der Waals surface area contributed by atoms with Crippen LogP contribution in [0.25, 0.3) is 11.3 Å². The number of rotatable bonds is 6. The third kappa shape index (κ3) is 4.54. The molecule has 3 heterocycles. The summed E-state index contributed by atoms with van der Waals surface area (Å²) in [6.07, 6.45) is -3.59. The number of piperidine rings is 1. The average Bonchev–Trinajstić information content (AvgIpc) is 3.38. The summed E-state index contributed by atoms with van der Waals surface area (Å²) >= 11 is 6.29. The number of carbonyl (C=O) groups excluding carboxylic acids is 2. The fourth-order valence-corrected chi connectivity index (χ4v) is 5.40. The number of hydrogen-bond donors (Lipinski definition) is 3. The summed E-state index contributed by atoms with van der Waals surface area (Å²) in [4.78, 5) is 29.5. The second-order valence-corrected chi connectivity index (χ2v) is 10.4. The van der Waals surface area contributed by atoms with Crippen LogP contribution in [-0.2, 0) is 13.2 Å². The Kier molecular flexibility index (Phi) is 5.77. The first-order valence-corrected chi connectivity index (χ1v) is 12.4. The van der Waals surface area contributed by atoms with Crippen molar-refractivity contribution in [2.75, 3.05) is 18.4 Å². The molecule has 206 valence electrons. The first-order chi connectivity index (χ1) is 18.3. The zero-order valence-corrected chi connectivity index (χ0v) is 20.9. The standard InChI is InChI=1S/C24H21ClF5N7O2/c1-36-16(14-9-37(17-5-23(17,26)27)35-19(14)24(28,29)30)8-32-20(36)22(39)33-10-2-3-11(15(25)4-10)21(38)34-18-12-6-31-7-13(12)18/h2-4,8-9,12-13,17-18,31H,5-7H2,1H3,(H,33,39)(H,34,38)/t12-,13+,17-,18?/m1/s1. The Morgan fingerprint density at radius 3 is 2.49 bits per heavy atom. The number of halogens is 6. The fourth-order valence-electron chi connectivity index (χ4n) is 5.13. The van der Waals surface area contributed by atoms with Crippen molar-refractivity contribution in [3.8, 4) is 11.3 Å². The van der Waals surface area contributed by atoms with Crippen LogP contribution in [0, 0.1) is 11.8 Å². The van der Waals surface area contributed by atoms with Crippen molar-refractivity contribution in [2.45, 2.75) is 30.6 Å². The molecule has 3 fully saturated rings. The molecule has 6 rings (SSSR count). The van der Waals surface area contributed by atoms with Gasteiger partial charge in [0.05, 0.1) is 28.0 Å². The molecule has 3 aromatic rings. The van der Waals surface area contributed by atoms with E-state index in [-0.39, 0.29) is 39.7 Å². The van der Waals surface area contributed by atoms with Crippen molar-refractivity contribution in [1.29, 1.82) is 0 Å². The van der Waals surface area contributed by atoms with E-state index < -0.39 is 41.7 Å². The predicted molar refractivity (Wildman–Crippen MR) is 129 cm³/mol. The van der Waals surface area contributed by atoms with Gasteiger partial charge in [-0.3, -0.25) is 14.3 Å². The predicted octanol–water partition coefficient (Wildman–Crippen LogP) is 3.74. The lowest BCUT2D eigenvalue weighted by Gasteiger charge is -2.11. The third-order valence-electron chi connectivity index (χ3n) is 7.44. The highest BCUT2D eigenvalue weighted by Gasteiger charge is 2.59. The van der Waals surface area contributed by atoms with Gasteiger partial charge in [0.1, 0.15) is 6.04 Å². The van der Waals surface area contributed by atoms with Gasteiger partial charge in [-0.1, -0.05) is 11.6 Å². The van der Waals surface area contributed by atoms with Crippen molar-refractivity contribution in [3.05, 3.63) is 52.7 Å². The Balaban J connectivity index is 1.19. The topological polar surface area (TPSA) is 106 Å². The summed E-state index contributed by atoms with van der Waals surface area (Å²) in [7, 11) is 1.32. The second kappa shape index (κ2) is 8.74. The Morgan fingerprint density at radius 2 is 1.87 bits per heavy atom. The molecule has 1 aliphatic heterocycles. The van der Waals surface area contributed by atoms with E-state index in [0.29, 0.717) is 16.5 Å². The lowest BCUT2D eigenvalue weighted by Crippen LogP contribution is -2.32. The van der Waals surface area contributed by atoms with Crippen LogP contribution in [0.4, 0.5) is 27.6 Å². The Labute approximate surface area is 222 Å². The van der Waals surface area contributed by atoms with Gasteiger partial charge in [0, 0.05) is 44.5 Å². The fraction of sp³-hybridized carbons (Fsp3) is 0.417. The average molecular weight is 570 g/mol. The maximum atomic E-state index is 13.7. The number of carbonyl (C=O) groups is 2. The zero-order chi connectivity index (χ0) is 27.9. The molecule has 2 aromatic heterocycles. The Hall–Kier alpha value is -3.52. The van der Waals surface area contributed by atoms with E-state index in [9.17, 15) is 31.5 Å². The van der Waals surface area contributed by atoms with Gasteiger partial charge < -0.3 is 20.5 Å². The van der Waals surface area contributed by atoms with Crippen LogP contribution >= 0.6 is 11.6 Å². The van der Waals surface area contributed by atoms with Crippen LogP contribution in [0.1, 0.15) is 39.1 Å².